The van der Waals surface area contributed by atoms with Crippen LogP contribution in [-0.2, 0) is 0 Å². The quantitative estimate of drug-likeness (QED) is 0.718. The van der Waals surface area contributed by atoms with Crippen molar-refractivity contribution < 1.29 is 5.11 Å². The van der Waals surface area contributed by atoms with Crippen molar-refractivity contribution >= 4 is 22.3 Å². The first-order chi connectivity index (χ1) is 8.75. The molecule has 1 saturated carbocycles. The Bertz CT molecular complexity index is 566. The monoisotopic (exact) mass is 243 g/mol. The van der Waals surface area contributed by atoms with Crippen molar-refractivity contribution in [2.75, 3.05) is 17.6 Å². The van der Waals surface area contributed by atoms with Gasteiger partial charge in [0.25, 0.3) is 0 Å². The molecule has 4 heteroatoms. The van der Waals surface area contributed by atoms with E-state index < -0.39 is 0 Å². The van der Waals surface area contributed by atoms with E-state index in [1.807, 2.05) is 24.3 Å². The lowest BCUT2D eigenvalue weighted by Gasteiger charge is -2.14. The van der Waals surface area contributed by atoms with E-state index in [2.05, 4.69) is 10.3 Å². The molecule has 1 aliphatic carbocycles. The smallest absolute Gasteiger partial charge is 0.0951 e. The number of aliphatic hydroxyl groups is 1. The second kappa shape index (κ2) is 4.46. The van der Waals surface area contributed by atoms with Crippen LogP contribution in [0.1, 0.15) is 12.8 Å². The highest BCUT2D eigenvalue weighted by atomic mass is 16.3. The molecule has 18 heavy (non-hydrogen) atoms. The van der Waals surface area contributed by atoms with Crippen LogP contribution in [0.5, 0.6) is 0 Å². The lowest BCUT2D eigenvalue weighted by molar-refractivity contribution is 0.164. The highest BCUT2D eigenvalue weighted by molar-refractivity contribution is 5.98. The van der Waals surface area contributed by atoms with E-state index in [4.69, 9.17) is 5.73 Å². The van der Waals surface area contributed by atoms with Gasteiger partial charge in [0.1, 0.15) is 0 Å². The summed E-state index contributed by atoms with van der Waals surface area (Å²) in [6.07, 6.45) is 3.77. The van der Waals surface area contributed by atoms with E-state index in [1.165, 1.54) is 0 Å². The first kappa shape index (κ1) is 11.3. The van der Waals surface area contributed by atoms with Crippen molar-refractivity contribution in [2.24, 2.45) is 5.92 Å². The molecular formula is C14H17N3O. The minimum atomic E-state index is -0.255. The molecule has 4 N–H and O–H groups in total. The second-order valence-electron chi connectivity index (χ2n) is 4.89. The lowest BCUT2D eigenvalue weighted by atomic mass is 10.1. The molecule has 4 nitrogen and oxygen atoms in total. The minimum Gasteiger partial charge on any atom is -0.397 e. The van der Waals surface area contributed by atoms with Crippen LogP contribution < -0.4 is 11.1 Å². The highest BCUT2D eigenvalue weighted by Crippen LogP contribution is 2.33. The zero-order valence-corrected chi connectivity index (χ0v) is 10.1. The van der Waals surface area contributed by atoms with Gasteiger partial charge in [0.05, 0.1) is 17.3 Å². The van der Waals surface area contributed by atoms with Gasteiger partial charge in [-0.15, -0.1) is 0 Å². The number of aromatic nitrogens is 1. The molecule has 1 aliphatic rings. The Labute approximate surface area is 106 Å². The van der Waals surface area contributed by atoms with Gasteiger partial charge in [-0.3, -0.25) is 4.98 Å². The third kappa shape index (κ3) is 2.11. The molecule has 0 aliphatic heterocycles. The van der Waals surface area contributed by atoms with Gasteiger partial charge < -0.3 is 16.2 Å². The fraction of sp³-hybridized carbons (Fsp3) is 0.357. The molecule has 1 unspecified atom stereocenters. The molecule has 94 valence electrons. The van der Waals surface area contributed by atoms with Crippen LogP contribution in [0.25, 0.3) is 10.9 Å². The van der Waals surface area contributed by atoms with Gasteiger partial charge in [-0.1, -0.05) is 0 Å². The molecule has 0 amide bonds. The number of aliphatic hydroxyl groups excluding tert-OH is 1. The first-order valence-corrected chi connectivity index (χ1v) is 6.31. The lowest BCUT2D eigenvalue weighted by Crippen LogP contribution is -2.21. The Kier molecular flexibility index (Phi) is 2.80. The van der Waals surface area contributed by atoms with Gasteiger partial charge in [0, 0.05) is 23.8 Å². The maximum Gasteiger partial charge on any atom is 0.0951 e. The van der Waals surface area contributed by atoms with Crippen molar-refractivity contribution in [3.8, 4) is 0 Å². The average molecular weight is 243 g/mol. The van der Waals surface area contributed by atoms with Gasteiger partial charge >= 0.3 is 0 Å². The van der Waals surface area contributed by atoms with E-state index >= 15 is 0 Å². The normalized spacial score (nSPS) is 16.7. The van der Waals surface area contributed by atoms with Crippen LogP contribution in [0.3, 0.4) is 0 Å². The van der Waals surface area contributed by atoms with Crippen molar-refractivity contribution in [3.05, 3.63) is 30.5 Å². The number of nitrogens with zero attached hydrogens (tertiary/aromatic N) is 1. The van der Waals surface area contributed by atoms with Crippen molar-refractivity contribution in [1.29, 1.82) is 0 Å². The topological polar surface area (TPSA) is 71.2 Å². The van der Waals surface area contributed by atoms with Gasteiger partial charge in [-0.2, -0.15) is 0 Å². The molecule has 0 bridgehead atoms. The molecule has 1 atom stereocenters. The Balaban J connectivity index is 1.85. The van der Waals surface area contributed by atoms with E-state index in [-0.39, 0.29) is 6.10 Å². The van der Waals surface area contributed by atoms with Crippen LogP contribution in [0.4, 0.5) is 11.4 Å². The highest BCUT2D eigenvalue weighted by Gasteiger charge is 2.29. The number of pyridine rings is 1. The van der Waals surface area contributed by atoms with E-state index in [0.29, 0.717) is 18.2 Å². The molecule has 1 aromatic carbocycles. The number of nitrogen functional groups attached to an aromatic ring is 1. The Morgan fingerprint density at radius 1 is 1.39 bits per heavy atom. The van der Waals surface area contributed by atoms with E-state index in [1.54, 1.807) is 6.20 Å². The predicted octanol–water partition coefficient (Wildman–Crippen LogP) is 2.00. The summed E-state index contributed by atoms with van der Waals surface area (Å²) in [4.78, 5) is 4.29. The number of nitrogens with one attached hydrogen (secondary N) is 1. The molecule has 0 radical (unpaired) electrons. The molecule has 1 fully saturated rings. The minimum absolute atomic E-state index is 0.255. The Morgan fingerprint density at radius 2 is 2.22 bits per heavy atom. The molecule has 1 heterocycles. The molecule has 0 spiro atoms. The van der Waals surface area contributed by atoms with Crippen molar-refractivity contribution in [2.45, 2.75) is 18.9 Å². The van der Waals surface area contributed by atoms with Gasteiger partial charge in [-0.25, -0.2) is 0 Å². The van der Waals surface area contributed by atoms with E-state index in [9.17, 15) is 5.11 Å². The zero-order valence-electron chi connectivity index (χ0n) is 10.1. The van der Waals surface area contributed by atoms with Crippen LogP contribution in [0.15, 0.2) is 30.5 Å². The average Bonchev–Trinajstić information content (AvgIpc) is 3.22. The molecular weight excluding hydrogens is 226 g/mol. The largest absolute Gasteiger partial charge is 0.397 e. The van der Waals surface area contributed by atoms with Crippen LogP contribution in [-0.4, -0.2) is 22.7 Å². The molecule has 2 aromatic rings. The van der Waals surface area contributed by atoms with E-state index in [0.717, 1.165) is 29.4 Å². The number of fused-ring (bicyclic) bond motifs is 1. The van der Waals surface area contributed by atoms with Gasteiger partial charge in [-0.05, 0) is 43.0 Å². The maximum absolute atomic E-state index is 9.87. The summed E-state index contributed by atoms with van der Waals surface area (Å²) >= 11 is 0. The molecule has 1 aromatic heterocycles. The standard InChI is InChI=1S/C14H17N3O/c15-11-5-6-12(10-2-1-7-16-14(10)11)17-8-13(18)9-3-4-9/h1-2,5-7,9,13,17-18H,3-4,8,15H2. The third-order valence-electron chi connectivity index (χ3n) is 3.47. The summed E-state index contributed by atoms with van der Waals surface area (Å²) in [5.74, 6) is 0.482. The predicted molar refractivity (Wildman–Crippen MR) is 73.4 cm³/mol. The number of nitrogens with two attached hydrogens (primary N) is 1. The second-order valence-corrected chi connectivity index (χ2v) is 4.89. The molecule has 3 rings (SSSR count). The summed E-state index contributed by atoms with van der Waals surface area (Å²) in [7, 11) is 0. The zero-order chi connectivity index (χ0) is 12.5. The first-order valence-electron chi connectivity index (χ1n) is 6.31. The SMILES string of the molecule is Nc1ccc(NCC(O)C2CC2)c2cccnc12. The molecule has 0 saturated heterocycles. The van der Waals surface area contributed by atoms with Crippen molar-refractivity contribution in [3.63, 3.8) is 0 Å². The number of hydrogen-bond donors (Lipinski definition) is 3. The number of rotatable bonds is 4. The number of hydrogen-bond acceptors (Lipinski definition) is 4. The van der Waals surface area contributed by atoms with Crippen LogP contribution in [0.2, 0.25) is 0 Å². The fourth-order valence-corrected chi connectivity index (χ4v) is 2.21. The third-order valence-corrected chi connectivity index (χ3v) is 3.47. The van der Waals surface area contributed by atoms with Crippen LogP contribution >= 0.6 is 0 Å². The maximum atomic E-state index is 9.87. The number of anilines is 2. The van der Waals surface area contributed by atoms with Gasteiger partial charge in [0.2, 0.25) is 0 Å². The summed E-state index contributed by atoms with van der Waals surface area (Å²) < 4.78 is 0. The summed E-state index contributed by atoms with van der Waals surface area (Å²) in [5, 5.41) is 14.2. The van der Waals surface area contributed by atoms with Gasteiger partial charge in [0.15, 0.2) is 0 Å². The van der Waals surface area contributed by atoms with Crippen LogP contribution in [0, 0.1) is 5.92 Å². The van der Waals surface area contributed by atoms with Crippen molar-refractivity contribution in [1.82, 2.24) is 4.98 Å². The summed E-state index contributed by atoms with van der Waals surface area (Å²) in [6.45, 7) is 0.582. The Morgan fingerprint density at radius 3 is 3.00 bits per heavy atom. The Hall–Kier alpha value is -1.81. The summed E-state index contributed by atoms with van der Waals surface area (Å²) in [5.41, 5.74) is 8.37. The number of benzene rings is 1. The summed E-state index contributed by atoms with van der Waals surface area (Å²) in [6, 6.07) is 7.68. The fourth-order valence-electron chi connectivity index (χ4n) is 2.21.